The Kier molecular flexibility index (Phi) is 16.2. The minimum Gasteiger partial charge on any atom is -0.456 e. The third kappa shape index (κ3) is 11.5. The highest BCUT2D eigenvalue weighted by Crippen LogP contribution is 2.58. The first-order valence-corrected chi connectivity index (χ1v) is 42.3. The minimum atomic E-state index is -0.463. The molecule has 8 nitrogen and oxygen atoms in total. The van der Waals surface area contributed by atoms with Gasteiger partial charge in [0.05, 0.1) is 44.2 Å². The Hall–Kier alpha value is -14.9. The molecule has 6 heterocycles. The zero-order chi connectivity index (χ0) is 82.2. The largest absolute Gasteiger partial charge is 0.456 e. The maximum absolute atomic E-state index is 7.48. The number of fused-ring (bicyclic) bond motifs is 18. The summed E-state index contributed by atoms with van der Waals surface area (Å²) in [6, 6.07) is 131. The van der Waals surface area contributed by atoms with E-state index in [4.69, 9.17) is 17.7 Å². The van der Waals surface area contributed by atoms with Crippen molar-refractivity contribution in [3.63, 3.8) is 0 Å². The maximum atomic E-state index is 7.48. The van der Waals surface area contributed by atoms with Crippen LogP contribution in [0.5, 0.6) is 0 Å². The fraction of sp³-hybridized carbons (Fsp3) is 0.105. The third-order valence-electron chi connectivity index (χ3n) is 25.3. The van der Waals surface area contributed by atoms with Crippen molar-refractivity contribution in [3.8, 4) is 55.9 Å². The van der Waals surface area contributed by atoms with E-state index < -0.39 is 16.2 Å². The van der Waals surface area contributed by atoms with Gasteiger partial charge in [0.1, 0.15) is 44.7 Å². The molecule has 8 heteroatoms. The predicted octanol–water partition coefficient (Wildman–Crippen LogP) is 33.0. The predicted molar refractivity (Wildman–Crippen MR) is 511 cm³/mol. The molecular formula is C114H86N4O4. The Balaban J connectivity index is 0.833. The van der Waals surface area contributed by atoms with E-state index in [9.17, 15) is 0 Å². The molecule has 0 aliphatic rings. The van der Waals surface area contributed by atoms with Crippen LogP contribution in [0.15, 0.2) is 376 Å². The van der Waals surface area contributed by atoms with E-state index in [-0.39, 0.29) is 0 Å². The average Bonchev–Trinajstić information content (AvgIpc) is 1.47. The van der Waals surface area contributed by atoms with Crippen molar-refractivity contribution in [1.82, 2.24) is 9.13 Å². The second-order valence-corrected chi connectivity index (χ2v) is 35.9. The van der Waals surface area contributed by atoms with Gasteiger partial charge in [-0.05, 0) is 171 Å². The molecule has 23 rings (SSSR count). The quantitative estimate of drug-likeness (QED) is 0.121. The summed E-state index contributed by atoms with van der Waals surface area (Å²) in [5.41, 5.74) is 29.0. The van der Waals surface area contributed by atoms with Crippen LogP contribution in [0.25, 0.3) is 187 Å². The third-order valence-corrected chi connectivity index (χ3v) is 25.3. The fourth-order valence-corrected chi connectivity index (χ4v) is 19.4. The zero-order valence-electron chi connectivity index (χ0n) is 69.5. The summed E-state index contributed by atoms with van der Waals surface area (Å²) in [5.74, 6) is 0. The van der Waals surface area contributed by atoms with E-state index in [2.05, 4.69) is 439 Å². The molecule has 0 saturated carbocycles. The molecule has 0 aliphatic heterocycles. The highest BCUT2D eigenvalue weighted by molar-refractivity contribution is 6.23. The molecule has 23 aromatic rings. The van der Waals surface area contributed by atoms with Crippen LogP contribution in [0.2, 0.25) is 0 Å². The molecule has 586 valence electrons. The van der Waals surface area contributed by atoms with Crippen LogP contribution in [0.4, 0.5) is 34.1 Å². The van der Waals surface area contributed by atoms with Crippen molar-refractivity contribution in [2.75, 3.05) is 9.80 Å². The van der Waals surface area contributed by atoms with Gasteiger partial charge in [-0.15, -0.1) is 0 Å². The molecule has 0 N–H and O–H groups in total. The lowest BCUT2D eigenvalue weighted by molar-refractivity contribution is 0.572. The van der Waals surface area contributed by atoms with E-state index in [0.717, 1.165) is 217 Å². The lowest BCUT2D eigenvalue weighted by atomic mass is 9.82. The topological polar surface area (TPSA) is 68.9 Å². The molecule has 0 spiro atoms. The van der Waals surface area contributed by atoms with Crippen LogP contribution >= 0.6 is 0 Å². The van der Waals surface area contributed by atoms with E-state index in [1.165, 1.54) is 21.5 Å². The van der Waals surface area contributed by atoms with Gasteiger partial charge in [-0.3, -0.25) is 0 Å². The molecule has 0 atom stereocenters. The number of furan rings is 4. The first-order chi connectivity index (χ1) is 59.4. The molecule has 0 fully saturated rings. The summed E-state index contributed by atoms with van der Waals surface area (Å²) in [5, 5.41) is 13.0. The van der Waals surface area contributed by atoms with E-state index in [1.54, 1.807) is 0 Å². The second kappa shape index (κ2) is 27.3. The summed E-state index contributed by atoms with van der Waals surface area (Å²) in [6.45, 7) is 20.8. The number of aromatic nitrogens is 2. The Morgan fingerprint density at radius 3 is 0.893 bits per heavy atom. The van der Waals surface area contributed by atoms with Crippen molar-refractivity contribution in [2.45, 2.75) is 78.6 Å². The van der Waals surface area contributed by atoms with Gasteiger partial charge >= 0.3 is 0 Å². The van der Waals surface area contributed by atoms with Crippen LogP contribution in [0.3, 0.4) is 0 Å². The van der Waals surface area contributed by atoms with E-state index in [0.29, 0.717) is 0 Å². The average molecular weight is 1580 g/mol. The first-order valence-electron chi connectivity index (χ1n) is 42.3. The second-order valence-electron chi connectivity index (χ2n) is 35.9. The number of hydrogen-bond donors (Lipinski definition) is 0. The number of anilines is 6. The lowest BCUT2D eigenvalue weighted by Gasteiger charge is -2.35. The minimum absolute atomic E-state index is 0.407. The number of para-hydroxylation sites is 10. The molecule has 0 bridgehead atoms. The normalized spacial score (nSPS) is 12.5. The molecule has 0 radical (unpaired) electrons. The smallest absolute Gasteiger partial charge is 0.143 e. The van der Waals surface area contributed by atoms with Gasteiger partial charge in [0.25, 0.3) is 0 Å². The van der Waals surface area contributed by atoms with Gasteiger partial charge in [-0.2, -0.15) is 0 Å². The molecule has 122 heavy (non-hydrogen) atoms. The van der Waals surface area contributed by atoms with Gasteiger partial charge in [0.2, 0.25) is 0 Å². The maximum Gasteiger partial charge on any atom is 0.143 e. The molecule has 6 aromatic heterocycles. The van der Waals surface area contributed by atoms with Crippen molar-refractivity contribution < 1.29 is 17.7 Å². The van der Waals surface area contributed by atoms with Gasteiger partial charge in [0.15, 0.2) is 0 Å². The van der Waals surface area contributed by atoms with Crippen molar-refractivity contribution >= 4 is 165 Å². The van der Waals surface area contributed by atoms with Crippen LogP contribution < -0.4 is 9.80 Å². The monoisotopic (exact) mass is 1570 g/mol. The highest BCUT2D eigenvalue weighted by Gasteiger charge is 2.36. The van der Waals surface area contributed by atoms with Crippen molar-refractivity contribution in [1.29, 1.82) is 0 Å². The Bertz CT molecular complexity index is 7640. The van der Waals surface area contributed by atoms with Crippen LogP contribution in [0, 0.1) is 0 Å². The van der Waals surface area contributed by atoms with Gasteiger partial charge < -0.3 is 36.6 Å². The molecular weight excluding hydrogens is 1490 g/mol. The fourth-order valence-electron chi connectivity index (χ4n) is 19.4. The van der Waals surface area contributed by atoms with Crippen LogP contribution in [0.1, 0.15) is 79.0 Å². The van der Waals surface area contributed by atoms with Gasteiger partial charge in [-0.1, -0.05) is 293 Å². The highest BCUT2D eigenvalue weighted by atomic mass is 16.3. The SMILES string of the molecule is CC(C)(C)c1cc(N(c2cccc(-c3ccc(-n4c5ccccc5c5ccccc54)cc3)c2)c2c(-c3cccc4c3oc3ccccc34)cc(C(C)(C)C)c3oc4ccccc4c23)cc(N(c2cccc(-c3ccc(-n4c5ccccc5c5ccccc54)cc3)c2)c2c(-c3cccc4c3oc3ccccc34)cc(C(C)(C)C)c3oc4ccccc4c23)c1. The molecule has 0 aliphatic carbocycles. The Morgan fingerprint density at radius 1 is 0.221 bits per heavy atom. The van der Waals surface area contributed by atoms with Gasteiger partial charge in [-0.25, -0.2) is 0 Å². The zero-order valence-corrected chi connectivity index (χ0v) is 69.5. The number of benzene rings is 17. The summed E-state index contributed by atoms with van der Waals surface area (Å²) in [4.78, 5) is 5.11. The number of nitrogens with zero attached hydrogens (tertiary/aromatic N) is 4. The Labute approximate surface area is 706 Å². The van der Waals surface area contributed by atoms with Crippen LogP contribution in [-0.2, 0) is 16.2 Å². The van der Waals surface area contributed by atoms with Crippen LogP contribution in [-0.4, -0.2) is 9.13 Å². The lowest BCUT2D eigenvalue weighted by Crippen LogP contribution is -2.20. The molecule has 0 saturated heterocycles. The molecule has 17 aromatic carbocycles. The van der Waals surface area contributed by atoms with Crippen molar-refractivity contribution in [2.24, 2.45) is 0 Å². The molecule has 0 amide bonds. The number of hydrogen-bond acceptors (Lipinski definition) is 6. The molecule has 0 unspecified atom stereocenters. The standard InChI is InChI=1S/C114H86N4O4/c1-112(2,3)73-64-78(115(76-32-26-30-71(62-76)69-54-58-74(59-55-69)117-96-46-18-10-34-80(96)81-35-11-19-47-97(81)117)106-92(88-44-28-42-86-84-38-14-22-50-100(84)119-108(86)88)67-94(113(4,5)6)110-104(106)90-40-16-24-52-102(90)121-110)66-79(65-73)116(77-33-27-31-72(63-77)70-56-60-75(61-57-70)118-98-48-20-12-36-82(98)83-37-13-21-49-99(83)118)107-93(89-45-29-43-87-85-39-15-23-51-101(85)120-109(87)89)68-95(114(7,8)9)111-105(107)91-41-17-25-53-103(91)122-111/h10-68H,1-9H3. The summed E-state index contributed by atoms with van der Waals surface area (Å²) in [6.07, 6.45) is 0. The summed E-state index contributed by atoms with van der Waals surface area (Å²) in [7, 11) is 0. The van der Waals surface area contributed by atoms with Crippen molar-refractivity contribution in [3.05, 3.63) is 375 Å². The summed E-state index contributed by atoms with van der Waals surface area (Å²) >= 11 is 0. The first kappa shape index (κ1) is 72.4. The summed E-state index contributed by atoms with van der Waals surface area (Å²) < 4.78 is 34.3. The van der Waals surface area contributed by atoms with Gasteiger partial charge in [0, 0.05) is 121 Å². The Morgan fingerprint density at radius 2 is 0.533 bits per heavy atom. The van der Waals surface area contributed by atoms with E-state index in [1.807, 2.05) is 0 Å². The van der Waals surface area contributed by atoms with E-state index >= 15 is 0 Å². The number of rotatable bonds is 12.